The van der Waals surface area contributed by atoms with Crippen LogP contribution in [0.2, 0.25) is 0 Å². The molecule has 0 aliphatic rings. The van der Waals surface area contributed by atoms with E-state index in [1.165, 1.54) is 0 Å². The molecule has 0 bridgehead atoms. The molecule has 0 spiro atoms. The number of carbonyl (C=O) groups is 1. The second-order valence-electron chi connectivity index (χ2n) is 6.50. The molecule has 146 valence electrons. The van der Waals surface area contributed by atoms with Crippen molar-refractivity contribution in [2.75, 3.05) is 0 Å². The molecule has 4 aromatic rings. The fourth-order valence-corrected chi connectivity index (χ4v) is 3.01. The Kier molecular flexibility index (Phi) is 5.61. The fraction of sp³-hybridized carbons (Fsp3) is 0.143. The van der Waals surface area contributed by atoms with Crippen molar-refractivity contribution in [3.8, 4) is 5.82 Å². The van der Waals surface area contributed by atoms with Crippen LogP contribution in [0.15, 0.2) is 79.5 Å². The Morgan fingerprint density at radius 1 is 0.862 bits per heavy atom. The summed E-state index contributed by atoms with van der Waals surface area (Å²) >= 11 is 0. The van der Waals surface area contributed by atoms with Crippen LogP contribution in [0.3, 0.4) is 0 Å². The predicted octanol–water partition coefficient (Wildman–Crippen LogP) is 2.51. The van der Waals surface area contributed by atoms with Crippen molar-refractivity contribution >= 4 is 6.03 Å². The molecule has 3 aromatic heterocycles. The van der Waals surface area contributed by atoms with E-state index in [4.69, 9.17) is 0 Å². The minimum Gasteiger partial charge on any atom is -0.334 e. The van der Waals surface area contributed by atoms with Gasteiger partial charge >= 0.3 is 6.03 Å². The van der Waals surface area contributed by atoms with Crippen LogP contribution < -0.4 is 10.6 Å². The lowest BCUT2D eigenvalue weighted by molar-refractivity contribution is 0.240. The first kappa shape index (κ1) is 18.4. The van der Waals surface area contributed by atoms with E-state index in [1.807, 2.05) is 59.5 Å². The summed E-state index contributed by atoms with van der Waals surface area (Å²) in [6.45, 7) is 1.50. The fourth-order valence-electron chi connectivity index (χ4n) is 3.01. The second kappa shape index (κ2) is 8.83. The molecule has 0 unspecified atom stereocenters. The summed E-state index contributed by atoms with van der Waals surface area (Å²) in [5, 5.41) is 14.2. The molecule has 0 aliphatic heterocycles. The topological polar surface area (TPSA) is 89.7 Å². The average molecular weight is 387 g/mol. The first-order chi connectivity index (χ1) is 14.3. The van der Waals surface area contributed by atoms with Gasteiger partial charge in [0.25, 0.3) is 0 Å². The number of hydrogen-bond acceptors (Lipinski definition) is 4. The van der Waals surface area contributed by atoms with Crippen molar-refractivity contribution in [2.24, 2.45) is 0 Å². The predicted molar refractivity (Wildman–Crippen MR) is 108 cm³/mol. The van der Waals surface area contributed by atoms with E-state index < -0.39 is 0 Å². The number of carbonyl (C=O) groups excluding carboxylic acids is 1. The van der Waals surface area contributed by atoms with Crippen LogP contribution in [0.1, 0.15) is 16.7 Å². The summed E-state index contributed by atoms with van der Waals surface area (Å²) in [4.78, 5) is 16.6. The number of pyridine rings is 1. The van der Waals surface area contributed by atoms with Crippen LogP contribution in [0.4, 0.5) is 4.79 Å². The van der Waals surface area contributed by atoms with E-state index in [9.17, 15) is 4.79 Å². The van der Waals surface area contributed by atoms with E-state index in [-0.39, 0.29) is 6.03 Å². The highest BCUT2D eigenvalue weighted by Crippen LogP contribution is 2.10. The molecule has 8 nitrogen and oxygen atoms in total. The summed E-state index contributed by atoms with van der Waals surface area (Å²) in [6, 6.07) is 15.3. The molecule has 4 rings (SSSR count). The lowest BCUT2D eigenvalue weighted by atomic mass is 10.1. The van der Waals surface area contributed by atoms with Gasteiger partial charge in [-0.3, -0.25) is 4.68 Å². The maximum atomic E-state index is 12.2. The molecule has 0 atom stereocenters. The maximum absolute atomic E-state index is 12.2. The first-order valence-electron chi connectivity index (χ1n) is 9.29. The molecule has 0 fully saturated rings. The van der Waals surface area contributed by atoms with Crippen LogP contribution in [-0.4, -0.2) is 30.6 Å². The molecule has 0 saturated carbocycles. The third kappa shape index (κ3) is 4.86. The van der Waals surface area contributed by atoms with Gasteiger partial charge < -0.3 is 10.6 Å². The van der Waals surface area contributed by atoms with Gasteiger partial charge in [-0.1, -0.05) is 30.3 Å². The number of urea groups is 1. The lowest BCUT2D eigenvalue weighted by Crippen LogP contribution is -2.34. The minimum absolute atomic E-state index is 0.238. The quantitative estimate of drug-likeness (QED) is 0.510. The van der Waals surface area contributed by atoms with Crippen LogP contribution in [0.5, 0.6) is 0 Å². The molecule has 0 aliphatic carbocycles. The Bertz CT molecular complexity index is 1060. The van der Waals surface area contributed by atoms with Gasteiger partial charge in [-0.15, -0.1) is 0 Å². The van der Waals surface area contributed by atoms with Crippen molar-refractivity contribution in [3.05, 3.63) is 96.2 Å². The molecule has 0 radical (unpaired) electrons. The van der Waals surface area contributed by atoms with Crippen molar-refractivity contribution in [1.82, 2.24) is 35.2 Å². The molecule has 8 heteroatoms. The van der Waals surface area contributed by atoms with E-state index in [1.54, 1.807) is 23.3 Å². The van der Waals surface area contributed by atoms with E-state index in [0.29, 0.717) is 25.5 Å². The summed E-state index contributed by atoms with van der Waals surface area (Å²) in [5.41, 5.74) is 3.05. The van der Waals surface area contributed by atoms with Crippen molar-refractivity contribution < 1.29 is 4.79 Å². The van der Waals surface area contributed by atoms with Gasteiger partial charge in [0.1, 0.15) is 0 Å². The smallest absolute Gasteiger partial charge is 0.315 e. The second-order valence-corrected chi connectivity index (χ2v) is 6.50. The van der Waals surface area contributed by atoms with Gasteiger partial charge in [0.05, 0.1) is 6.54 Å². The van der Waals surface area contributed by atoms with Crippen molar-refractivity contribution in [3.63, 3.8) is 0 Å². The van der Waals surface area contributed by atoms with Crippen LogP contribution >= 0.6 is 0 Å². The summed E-state index contributed by atoms with van der Waals surface area (Å²) in [5.74, 6) is 0.698. The number of rotatable bonds is 7. The molecule has 1 aromatic carbocycles. The van der Waals surface area contributed by atoms with E-state index >= 15 is 0 Å². The van der Waals surface area contributed by atoms with Crippen molar-refractivity contribution in [1.29, 1.82) is 0 Å². The highest BCUT2D eigenvalue weighted by Gasteiger charge is 2.08. The van der Waals surface area contributed by atoms with Crippen molar-refractivity contribution in [2.45, 2.75) is 19.6 Å². The number of aromatic nitrogens is 5. The number of hydrogen-bond donors (Lipinski definition) is 2. The standard InChI is InChI=1S/C21H21N7O/c29-21(24-15-19-7-2-8-22-20(19)28-12-4-10-26-28)23-14-17-5-1-6-18(13-17)16-27-11-3-9-25-27/h1-13H,14-16H2,(H2,23,24,29). The van der Waals surface area contributed by atoms with Gasteiger partial charge in [-0.05, 0) is 29.3 Å². The average Bonchev–Trinajstić information content (AvgIpc) is 3.46. The summed E-state index contributed by atoms with van der Waals surface area (Å²) < 4.78 is 3.55. The van der Waals surface area contributed by atoms with Crippen LogP contribution in [-0.2, 0) is 19.6 Å². The normalized spacial score (nSPS) is 10.6. The van der Waals surface area contributed by atoms with E-state index in [0.717, 1.165) is 16.7 Å². The summed E-state index contributed by atoms with van der Waals surface area (Å²) in [6.07, 6.45) is 8.90. The first-order valence-corrected chi connectivity index (χ1v) is 9.29. The van der Waals surface area contributed by atoms with Gasteiger partial charge in [0.15, 0.2) is 5.82 Å². The number of amides is 2. The number of nitrogens with one attached hydrogen (secondary N) is 2. The zero-order valence-corrected chi connectivity index (χ0v) is 15.8. The zero-order valence-electron chi connectivity index (χ0n) is 15.8. The number of benzene rings is 1. The Hall–Kier alpha value is -3.94. The van der Waals surface area contributed by atoms with Gasteiger partial charge in [0.2, 0.25) is 0 Å². The van der Waals surface area contributed by atoms with Crippen LogP contribution in [0.25, 0.3) is 5.82 Å². The Morgan fingerprint density at radius 3 is 2.52 bits per heavy atom. The molecule has 0 saturated heterocycles. The number of nitrogens with zero attached hydrogens (tertiary/aromatic N) is 5. The molecule has 2 amide bonds. The van der Waals surface area contributed by atoms with Crippen LogP contribution in [0, 0.1) is 0 Å². The lowest BCUT2D eigenvalue weighted by Gasteiger charge is -2.11. The molecular formula is C21H21N7O. The SMILES string of the molecule is O=C(NCc1cccc(Cn2cccn2)c1)NCc1cccnc1-n1cccn1. The van der Waals surface area contributed by atoms with Gasteiger partial charge in [-0.25, -0.2) is 14.5 Å². The molecule has 2 N–H and O–H groups in total. The Labute approximate surface area is 168 Å². The Morgan fingerprint density at radius 2 is 1.69 bits per heavy atom. The largest absolute Gasteiger partial charge is 0.334 e. The highest BCUT2D eigenvalue weighted by atomic mass is 16.2. The third-order valence-corrected chi connectivity index (χ3v) is 4.38. The minimum atomic E-state index is -0.238. The Balaban J connectivity index is 1.31. The van der Waals surface area contributed by atoms with E-state index in [2.05, 4.69) is 31.9 Å². The monoisotopic (exact) mass is 387 g/mol. The van der Waals surface area contributed by atoms with Gasteiger partial charge in [-0.2, -0.15) is 10.2 Å². The maximum Gasteiger partial charge on any atom is 0.315 e. The highest BCUT2D eigenvalue weighted by molar-refractivity contribution is 5.73. The molecule has 3 heterocycles. The molecular weight excluding hydrogens is 366 g/mol. The van der Waals surface area contributed by atoms with Gasteiger partial charge in [0, 0.05) is 49.6 Å². The zero-order chi connectivity index (χ0) is 19.9. The third-order valence-electron chi connectivity index (χ3n) is 4.38. The summed E-state index contributed by atoms with van der Waals surface area (Å²) in [7, 11) is 0. The molecule has 29 heavy (non-hydrogen) atoms.